The molecule has 2 aromatic carbocycles. The van der Waals surface area contributed by atoms with E-state index in [1.54, 1.807) is 6.07 Å². The van der Waals surface area contributed by atoms with Crippen LogP contribution in [0.15, 0.2) is 41.3 Å². The van der Waals surface area contributed by atoms with Gasteiger partial charge in [-0.1, -0.05) is 0 Å². The lowest BCUT2D eigenvalue weighted by molar-refractivity contribution is -0.137. The molecule has 2 rings (SSSR count). The first-order valence-electron chi connectivity index (χ1n) is 6.44. The van der Waals surface area contributed by atoms with Crippen molar-refractivity contribution >= 4 is 77.8 Å². The Morgan fingerprint density at radius 1 is 1.04 bits per heavy atom. The zero-order chi connectivity index (χ0) is 19.0. The third-order valence-electron chi connectivity index (χ3n) is 3.07. The van der Waals surface area contributed by atoms with E-state index in [0.717, 1.165) is 19.3 Å². The van der Waals surface area contributed by atoms with Gasteiger partial charge in [0.15, 0.2) is 0 Å². The van der Waals surface area contributed by atoms with Gasteiger partial charge in [-0.25, -0.2) is 8.42 Å². The average molecular weight is 709 g/mol. The number of aliphatic hydroxyl groups excluding tert-OH is 1. The number of benzene rings is 2. The summed E-state index contributed by atoms with van der Waals surface area (Å²) in [5.41, 5.74) is -0.582. The van der Waals surface area contributed by atoms with E-state index in [9.17, 15) is 26.7 Å². The number of nitrogens with one attached hydrogen (secondary N) is 1. The fourth-order valence-electron chi connectivity index (χ4n) is 1.88. The van der Waals surface area contributed by atoms with Gasteiger partial charge in [-0.2, -0.15) is 17.9 Å². The summed E-state index contributed by atoms with van der Waals surface area (Å²) >= 11 is 6.08. The van der Waals surface area contributed by atoms with Crippen molar-refractivity contribution in [3.8, 4) is 0 Å². The Labute approximate surface area is 183 Å². The molecule has 2 aromatic rings. The lowest BCUT2D eigenvalue weighted by atomic mass is 10.2. The van der Waals surface area contributed by atoms with E-state index in [0.29, 0.717) is 21.3 Å². The molecular formula is C14H9F3I3NO3S. The van der Waals surface area contributed by atoms with Crippen LogP contribution in [0.5, 0.6) is 0 Å². The third-order valence-corrected chi connectivity index (χ3v) is 8.21. The van der Waals surface area contributed by atoms with Crippen LogP contribution < -0.4 is 4.72 Å². The second-order valence-electron chi connectivity index (χ2n) is 4.84. The molecule has 0 bridgehead atoms. The van der Waals surface area contributed by atoms with E-state index in [4.69, 9.17) is 0 Å². The summed E-state index contributed by atoms with van der Waals surface area (Å²) in [5, 5.41) is 10.2. The molecule has 11 heteroatoms. The number of rotatable bonds is 4. The molecule has 0 amide bonds. The van der Waals surface area contributed by atoms with Crippen molar-refractivity contribution in [1.29, 1.82) is 0 Å². The molecule has 1 atom stereocenters. The first kappa shape index (κ1) is 21.6. The van der Waals surface area contributed by atoms with Crippen molar-refractivity contribution in [2.45, 2.75) is 17.3 Å². The molecule has 2 N–H and O–H groups in total. The van der Waals surface area contributed by atoms with Crippen LogP contribution in [0.4, 0.5) is 13.2 Å². The molecular weight excluding hydrogens is 700 g/mol. The van der Waals surface area contributed by atoms with Crippen LogP contribution in [0.2, 0.25) is 0 Å². The van der Waals surface area contributed by atoms with Gasteiger partial charge >= 0.3 is 6.18 Å². The van der Waals surface area contributed by atoms with Crippen LogP contribution in [-0.2, 0) is 16.2 Å². The minimum Gasteiger partial charge on any atom is -0.373 e. The number of sulfonamides is 1. The highest BCUT2D eigenvalue weighted by molar-refractivity contribution is 14.1. The van der Waals surface area contributed by atoms with Crippen LogP contribution in [0, 0.1) is 10.7 Å². The summed E-state index contributed by atoms with van der Waals surface area (Å²) in [6, 6.07) is 6.55. The Kier molecular flexibility index (Phi) is 7.01. The smallest absolute Gasteiger partial charge is 0.373 e. The van der Waals surface area contributed by atoms with Crippen molar-refractivity contribution in [1.82, 2.24) is 4.72 Å². The normalized spacial score (nSPS) is 13.7. The zero-order valence-corrected chi connectivity index (χ0v) is 19.3. The first-order chi connectivity index (χ1) is 11.4. The molecule has 0 heterocycles. The first-order valence-corrected chi connectivity index (χ1v) is 11.2. The predicted molar refractivity (Wildman–Crippen MR) is 111 cm³/mol. The molecule has 136 valence electrons. The SMILES string of the molecule is O=S(=O)(NC(O)c1cc(I)cc(I)c1I)c1ccc(C(F)(F)F)cc1. The molecule has 0 radical (unpaired) electrons. The summed E-state index contributed by atoms with van der Waals surface area (Å²) in [7, 11) is -4.19. The lowest BCUT2D eigenvalue weighted by Crippen LogP contribution is -2.29. The highest BCUT2D eigenvalue weighted by Gasteiger charge is 2.31. The van der Waals surface area contributed by atoms with Crippen LogP contribution in [0.1, 0.15) is 17.4 Å². The van der Waals surface area contributed by atoms with Gasteiger partial charge in [0.05, 0.1) is 10.5 Å². The summed E-state index contributed by atoms with van der Waals surface area (Å²) in [6.07, 6.45) is -6.08. The molecule has 0 aliphatic heterocycles. The van der Waals surface area contributed by atoms with E-state index >= 15 is 0 Å². The molecule has 4 nitrogen and oxygen atoms in total. The molecule has 0 aromatic heterocycles. The Balaban J connectivity index is 2.30. The molecule has 25 heavy (non-hydrogen) atoms. The second kappa shape index (κ2) is 8.12. The summed E-state index contributed by atoms with van der Waals surface area (Å²) in [5.74, 6) is 0. The Morgan fingerprint density at radius 2 is 1.60 bits per heavy atom. The van der Waals surface area contributed by atoms with E-state index < -0.39 is 28.0 Å². The molecule has 0 fully saturated rings. The number of hydrogen-bond acceptors (Lipinski definition) is 3. The highest BCUT2D eigenvalue weighted by Crippen LogP contribution is 2.30. The van der Waals surface area contributed by atoms with Crippen molar-refractivity contribution in [3.63, 3.8) is 0 Å². The van der Waals surface area contributed by atoms with Crippen LogP contribution in [0.3, 0.4) is 0 Å². The van der Waals surface area contributed by atoms with E-state index in [1.165, 1.54) is 0 Å². The number of halogens is 6. The zero-order valence-electron chi connectivity index (χ0n) is 12.0. The summed E-state index contributed by atoms with van der Waals surface area (Å²) in [6.45, 7) is 0. The van der Waals surface area contributed by atoms with Crippen LogP contribution in [0.25, 0.3) is 0 Å². The maximum atomic E-state index is 12.6. The van der Waals surface area contributed by atoms with Gasteiger partial charge in [-0.3, -0.25) is 0 Å². The van der Waals surface area contributed by atoms with Gasteiger partial charge in [0.1, 0.15) is 6.23 Å². The topological polar surface area (TPSA) is 66.4 Å². The monoisotopic (exact) mass is 709 g/mol. The minimum absolute atomic E-state index is 0.366. The highest BCUT2D eigenvalue weighted by atomic mass is 127. The van der Waals surface area contributed by atoms with Gasteiger partial charge in [0, 0.05) is 16.3 Å². The van der Waals surface area contributed by atoms with Gasteiger partial charge in [-0.05, 0) is 104 Å². The van der Waals surface area contributed by atoms with Crippen LogP contribution in [-0.4, -0.2) is 13.5 Å². The van der Waals surface area contributed by atoms with E-state index in [2.05, 4.69) is 27.3 Å². The van der Waals surface area contributed by atoms with E-state index in [1.807, 2.05) is 51.2 Å². The largest absolute Gasteiger partial charge is 0.416 e. The molecule has 0 aliphatic carbocycles. The number of aliphatic hydroxyl groups is 1. The quantitative estimate of drug-likeness (QED) is 0.280. The molecule has 0 spiro atoms. The average Bonchev–Trinajstić information content (AvgIpc) is 2.49. The third kappa shape index (κ3) is 5.40. The number of alkyl halides is 3. The van der Waals surface area contributed by atoms with Crippen molar-refractivity contribution in [2.24, 2.45) is 0 Å². The van der Waals surface area contributed by atoms with Gasteiger partial charge in [0.25, 0.3) is 0 Å². The molecule has 0 aliphatic rings. The maximum Gasteiger partial charge on any atom is 0.416 e. The Morgan fingerprint density at radius 3 is 2.12 bits per heavy atom. The molecule has 0 saturated heterocycles. The van der Waals surface area contributed by atoms with Crippen molar-refractivity contribution in [3.05, 3.63) is 58.2 Å². The van der Waals surface area contributed by atoms with Crippen molar-refractivity contribution in [2.75, 3.05) is 0 Å². The number of hydrogen-bond donors (Lipinski definition) is 2. The molecule has 0 saturated carbocycles. The van der Waals surface area contributed by atoms with Gasteiger partial charge < -0.3 is 5.11 Å². The van der Waals surface area contributed by atoms with E-state index in [-0.39, 0.29) is 4.90 Å². The standard InChI is InChI=1S/C14H9F3I3NO3S/c15-14(16,17)7-1-3-9(4-2-7)25(23,24)21-13(22)10-5-8(18)6-11(19)12(10)20/h1-6,13,21-22H. The van der Waals surface area contributed by atoms with Gasteiger partial charge in [-0.15, -0.1) is 0 Å². The molecule has 1 unspecified atom stereocenters. The second-order valence-corrected chi connectivity index (χ2v) is 10.0. The predicted octanol–water partition coefficient (Wildman–Crippen LogP) is 4.49. The fourth-order valence-corrected chi connectivity index (χ4v) is 5.42. The van der Waals surface area contributed by atoms with Gasteiger partial charge in [0.2, 0.25) is 10.0 Å². The lowest BCUT2D eigenvalue weighted by Gasteiger charge is -2.17. The maximum absolute atomic E-state index is 12.6. The summed E-state index contributed by atoms with van der Waals surface area (Å²) in [4.78, 5) is -0.366. The fraction of sp³-hybridized carbons (Fsp3) is 0.143. The minimum atomic E-state index is -4.55. The Hall–Kier alpha value is 0.290. The summed E-state index contributed by atoms with van der Waals surface area (Å²) < 4.78 is 66.7. The van der Waals surface area contributed by atoms with Crippen molar-refractivity contribution < 1.29 is 26.7 Å². The Bertz CT molecular complexity index is 887. The van der Waals surface area contributed by atoms with Crippen LogP contribution >= 0.6 is 67.8 Å².